The lowest BCUT2D eigenvalue weighted by Crippen LogP contribution is -2.51. The van der Waals surface area contributed by atoms with Crippen LogP contribution in [0.25, 0.3) is 0 Å². The normalized spacial score (nSPS) is 14.8. The van der Waals surface area contributed by atoms with Gasteiger partial charge in [0.05, 0.1) is 11.9 Å². The van der Waals surface area contributed by atoms with Gasteiger partial charge in [-0.1, -0.05) is 61.7 Å². The predicted molar refractivity (Wildman–Crippen MR) is 154 cm³/mol. The predicted octanol–water partition coefficient (Wildman–Crippen LogP) is 5.37. The van der Waals surface area contributed by atoms with Crippen molar-refractivity contribution in [3.63, 3.8) is 0 Å². The Hall–Kier alpha value is -2.58. The molecule has 9 heteroatoms. The molecule has 1 aliphatic rings. The second-order valence-corrected chi connectivity index (χ2v) is 12.5. The molecule has 1 atom stereocenters. The Bertz CT molecular complexity index is 1230. The zero-order valence-corrected chi connectivity index (χ0v) is 24.4. The molecule has 1 unspecified atom stereocenters. The number of amides is 2. The molecule has 0 heterocycles. The van der Waals surface area contributed by atoms with Crippen LogP contribution in [0.5, 0.6) is 0 Å². The van der Waals surface area contributed by atoms with Crippen molar-refractivity contribution in [1.82, 2.24) is 10.2 Å². The molecule has 2 aromatic rings. The molecule has 3 rings (SSSR count). The van der Waals surface area contributed by atoms with E-state index in [-0.39, 0.29) is 37.4 Å². The van der Waals surface area contributed by atoms with E-state index in [0.29, 0.717) is 23.6 Å². The molecule has 1 saturated carbocycles. The molecule has 1 fully saturated rings. The van der Waals surface area contributed by atoms with Crippen LogP contribution in [0, 0.1) is 13.8 Å². The number of hydrogen-bond donors (Lipinski definition) is 1. The van der Waals surface area contributed by atoms with E-state index in [0.717, 1.165) is 42.4 Å². The van der Waals surface area contributed by atoms with Crippen LogP contribution in [0.4, 0.5) is 5.69 Å². The summed E-state index contributed by atoms with van der Waals surface area (Å²) >= 11 is 6.42. The molecular weight excluding hydrogens is 522 g/mol. The van der Waals surface area contributed by atoms with Crippen LogP contribution >= 0.6 is 11.6 Å². The molecule has 2 aromatic carbocycles. The van der Waals surface area contributed by atoms with Crippen molar-refractivity contribution in [2.75, 3.05) is 17.1 Å². The highest BCUT2D eigenvalue weighted by molar-refractivity contribution is 7.92. The van der Waals surface area contributed by atoms with Gasteiger partial charge in [-0.25, -0.2) is 8.42 Å². The van der Waals surface area contributed by atoms with Crippen molar-refractivity contribution in [1.29, 1.82) is 0 Å². The number of hydrogen-bond acceptors (Lipinski definition) is 4. The lowest BCUT2D eigenvalue weighted by molar-refractivity contribution is -0.141. The number of aryl methyl sites for hydroxylation is 1. The molecule has 0 radical (unpaired) electrons. The van der Waals surface area contributed by atoms with Crippen LogP contribution in [0.15, 0.2) is 42.5 Å². The number of rotatable bonds is 12. The summed E-state index contributed by atoms with van der Waals surface area (Å²) in [6, 6.07) is 12.4. The second-order valence-electron chi connectivity index (χ2n) is 10.2. The molecule has 208 valence electrons. The molecule has 0 aromatic heterocycles. The number of benzene rings is 2. The first-order valence-electron chi connectivity index (χ1n) is 13.4. The van der Waals surface area contributed by atoms with E-state index in [1.165, 1.54) is 10.6 Å². The van der Waals surface area contributed by atoms with Gasteiger partial charge in [-0.05, 0) is 68.4 Å². The van der Waals surface area contributed by atoms with Gasteiger partial charge in [0.15, 0.2) is 0 Å². The van der Waals surface area contributed by atoms with Gasteiger partial charge >= 0.3 is 0 Å². The topological polar surface area (TPSA) is 86.8 Å². The van der Waals surface area contributed by atoms with Gasteiger partial charge in [0.1, 0.15) is 6.04 Å². The van der Waals surface area contributed by atoms with Gasteiger partial charge in [0, 0.05) is 30.6 Å². The largest absolute Gasteiger partial charge is 0.352 e. The van der Waals surface area contributed by atoms with Gasteiger partial charge in [-0.2, -0.15) is 0 Å². The minimum absolute atomic E-state index is 0.106. The average molecular weight is 562 g/mol. The molecule has 7 nitrogen and oxygen atoms in total. The first-order chi connectivity index (χ1) is 18.0. The highest BCUT2D eigenvalue weighted by Gasteiger charge is 2.31. The molecule has 0 bridgehead atoms. The van der Waals surface area contributed by atoms with Crippen LogP contribution in [-0.4, -0.2) is 50.0 Å². The van der Waals surface area contributed by atoms with Crippen molar-refractivity contribution >= 4 is 39.1 Å². The summed E-state index contributed by atoms with van der Waals surface area (Å²) in [7, 11) is -3.55. The number of halogens is 1. The molecular formula is C29H40ClN3O4S. The zero-order chi connectivity index (χ0) is 27.9. The Kier molecular flexibility index (Phi) is 10.6. The minimum Gasteiger partial charge on any atom is -0.352 e. The monoisotopic (exact) mass is 561 g/mol. The van der Waals surface area contributed by atoms with Gasteiger partial charge < -0.3 is 10.2 Å². The number of nitrogens with one attached hydrogen (secondary N) is 1. The Labute approximate surface area is 232 Å². The zero-order valence-electron chi connectivity index (χ0n) is 22.9. The maximum Gasteiger partial charge on any atom is 0.243 e. The number of nitrogens with zero attached hydrogens (tertiary/aromatic N) is 2. The third-order valence-electron chi connectivity index (χ3n) is 7.38. The molecule has 38 heavy (non-hydrogen) atoms. The second kappa shape index (κ2) is 13.5. The third-order valence-corrected chi connectivity index (χ3v) is 8.93. The van der Waals surface area contributed by atoms with Crippen molar-refractivity contribution in [2.45, 2.75) is 84.3 Å². The van der Waals surface area contributed by atoms with Crippen LogP contribution in [0.1, 0.15) is 68.6 Å². The van der Waals surface area contributed by atoms with Crippen LogP contribution in [0.3, 0.4) is 0 Å². The van der Waals surface area contributed by atoms with Gasteiger partial charge in [-0.15, -0.1) is 0 Å². The Morgan fingerprint density at radius 2 is 1.76 bits per heavy atom. The summed E-state index contributed by atoms with van der Waals surface area (Å²) in [4.78, 5) is 28.5. The van der Waals surface area contributed by atoms with Gasteiger partial charge in [0.2, 0.25) is 21.8 Å². The maximum atomic E-state index is 13.6. The summed E-state index contributed by atoms with van der Waals surface area (Å²) in [5.74, 6) is -0.347. The van der Waals surface area contributed by atoms with Crippen molar-refractivity contribution in [3.05, 3.63) is 64.2 Å². The number of carbonyl (C=O) groups excluding carboxylic acids is 2. The molecule has 2 amide bonds. The lowest BCUT2D eigenvalue weighted by Gasteiger charge is -2.32. The molecule has 0 aliphatic heterocycles. The molecule has 1 aliphatic carbocycles. The fourth-order valence-corrected chi connectivity index (χ4v) is 6.30. The van der Waals surface area contributed by atoms with E-state index < -0.39 is 16.1 Å². The van der Waals surface area contributed by atoms with Crippen molar-refractivity contribution < 1.29 is 18.0 Å². The summed E-state index contributed by atoms with van der Waals surface area (Å²) in [6.07, 6.45) is 6.18. The Balaban J connectivity index is 1.79. The summed E-state index contributed by atoms with van der Waals surface area (Å²) in [5.41, 5.74) is 3.27. The number of carbonyl (C=O) groups is 2. The quantitative estimate of drug-likeness (QED) is 0.377. The number of anilines is 1. The smallest absolute Gasteiger partial charge is 0.243 e. The molecule has 0 spiro atoms. The lowest BCUT2D eigenvalue weighted by atomic mass is 10.1. The fourth-order valence-electron chi connectivity index (χ4n) is 5.09. The van der Waals surface area contributed by atoms with E-state index >= 15 is 0 Å². The summed E-state index contributed by atoms with van der Waals surface area (Å²) in [5, 5.41) is 3.68. The standard InChI is InChI=1S/C29H40ClN3O4S/c1-5-26(29(35)31-24-14-7-8-15-24)32(20-23-13-6-9-16-25(23)30)28(34)18-11-19-33(38(4,36)37)27-17-10-12-21(2)22(27)3/h6,9-10,12-13,16-17,24,26H,5,7-8,11,14-15,18-20H2,1-4H3,(H,31,35). The minimum atomic E-state index is -3.55. The third kappa shape index (κ3) is 7.73. The first-order valence-corrected chi connectivity index (χ1v) is 15.6. The summed E-state index contributed by atoms with van der Waals surface area (Å²) < 4.78 is 26.7. The summed E-state index contributed by atoms with van der Waals surface area (Å²) in [6.45, 7) is 6.12. The first kappa shape index (κ1) is 30.0. The SMILES string of the molecule is CCC(C(=O)NC1CCCC1)N(Cc1ccccc1Cl)C(=O)CCCN(c1cccc(C)c1C)S(C)(=O)=O. The average Bonchev–Trinajstić information content (AvgIpc) is 3.37. The highest BCUT2D eigenvalue weighted by atomic mass is 35.5. The number of sulfonamides is 1. The fraction of sp³-hybridized carbons (Fsp3) is 0.517. The van der Waals surface area contributed by atoms with E-state index in [9.17, 15) is 18.0 Å². The Morgan fingerprint density at radius 1 is 1.08 bits per heavy atom. The van der Waals surface area contributed by atoms with Crippen LogP contribution in [-0.2, 0) is 26.2 Å². The van der Waals surface area contributed by atoms with Crippen LogP contribution in [0.2, 0.25) is 5.02 Å². The van der Waals surface area contributed by atoms with E-state index in [1.54, 1.807) is 17.0 Å². The van der Waals surface area contributed by atoms with Crippen molar-refractivity contribution in [2.24, 2.45) is 0 Å². The van der Waals surface area contributed by atoms with Gasteiger partial charge in [0.25, 0.3) is 0 Å². The maximum absolute atomic E-state index is 13.6. The highest BCUT2D eigenvalue weighted by Crippen LogP contribution is 2.26. The van der Waals surface area contributed by atoms with E-state index in [1.807, 2.05) is 51.1 Å². The molecule has 1 N–H and O–H groups in total. The molecule has 0 saturated heterocycles. The van der Waals surface area contributed by atoms with Crippen LogP contribution < -0.4 is 9.62 Å². The van der Waals surface area contributed by atoms with Gasteiger partial charge in [-0.3, -0.25) is 13.9 Å². The van der Waals surface area contributed by atoms with E-state index in [4.69, 9.17) is 11.6 Å². The van der Waals surface area contributed by atoms with E-state index in [2.05, 4.69) is 5.32 Å². The Morgan fingerprint density at radius 3 is 2.39 bits per heavy atom. The van der Waals surface area contributed by atoms with Crippen molar-refractivity contribution in [3.8, 4) is 0 Å².